The average Bonchev–Trinajstić information content (AvgIpc) is 2.93. The molecule has 1 aliphatic rings. The molecule has 37 heavy (non-hydrogen) atoms. The van der Waals surface area contributed by atoms with E-state index in [4.69, 9.17) is 0 Å². The van der Waals surface area contributed by atoms with E-state index in [-0.39, 0.29) is 0 Å². The highest BCUT2D eigenvalue weighted by Gasteiger charge is 2.17. The molecule has 0 N–H and O–H groups in total. The van der Waals surface area contributed by atoms with E-state index in [1.54, 1.807) is 0 Å². The summed E-state index contributed by atoms with van der Waals surface area (Å²) in [4.78, 5) is 0. The standard InChI is InChI=1S/C37H40/c1-6-9-11-13-21-31(19-8-3)30(5)37-34(25-18-27-36(37)32-22-14-12-15-23-32)28-33-24-16-17-26-35(33)29(4)20-10-7-2/h7-12,14-23,25-29H,2,5-6,13,24H2,1,3-4H3/b11-9-,19-8-,20-10-,31-21+,33-28+. The monoisotopic (exact) mass is 484 g/mol. The third kappa shape index (κ3) is 7.54. The number of hydrogen-bond acceptors (Lipinski definition) is 0. The molecule has 0 saturated carbocycles. The minimum Gasteiger partial charge on any atom is -0.0991 e. The highest BCUT2D eigenvalue weighted by Crippen LogP contribution is 2.38. The van der Waals surface area contributed by atoms with Gasteiger partial charge in [-0.25, -0.2) is 0 Å². The fourth-order valence-corrected chi connectivity index (χ4v) is 4.67. The molecular formula is C37H40. The molecule has 0 heteroatoms. The van der Waals surface area contributed by atoms with Crippen LogP contribution in [0.4, 0.5) is 0 Å². The molecule has 0 amide bonds. The maximum absolute atomic E-state index is 4.65. The molecule has 0 nitrogen and oxygen atoms in total. The van der Waals surface area contributed by atoms with Crippen LogP contribution in [0, 0.1) is 5.92 Å². The lowest BCUT2D eigenvalue weighted by atomic mass is 9.83. The summed E-state index contributed by atoms with van der Waals surface area (Å²) in [7, 11) is 0. The summed E-state index contributed by atoms with van der Waals surface area (Å²) in [5, 5.41) is 0. The summed E-state index contributed by atoms with van der Waals surface area (Å²) in [6, 6.07) is 17.2. The summed E-state index contributed by atoms with van der Waals surface area (Å²) in [6.07, 6.45) is 29.0. The maximum Gasteiger partial charge on any atom is -0.000448 e. The topological polar surface area (TPSA) is 0 Å². The molecule has 188 valence electrons. The number of benzene rings is 2. The van der Waals surface area contributed by atoms with Gasteiger partial charge in [0.2, 0.25) is 0 Å². The van der Waals surface area contributed by atoms with E-state index < -0.39 is 0 Å². The second-order valence-electron chi connectivity index (χ2n) is 9.22. The van der Waals surface area contributed by atoms with Gasteiger partial charge in [-0.3, -0.25) is 0 Å². The van der Waals surface area contributed by atoms with Crippen molar-refractivity contribution in [2.24, 2.45) is 5.92 Å². The highest BCUT2D eigenvalue weighted by molar-refractivity contribution is 5.93. The fourth-order valence-electron chi connectivity index (χ4n) is 4.67. The van der Waals surface area contributed by atoms with Crippen molar-refractivity contribution in [2.45, 2.75) is 40.0 Å². The lowest BCUT2D eigenvalue weighted by Gasteiger charge is -2.21. The second kappa shape index (κ2) is 14.6. The summed E-state index contributed by atoms with van der Waals surface area (Å²) < 4.78 is 0. The molecule has 1 unspecified atom stereocenters. The molecule has 0 radical (unpaired) electrons. The van der Waals surface area contributed by atoms with Crippen molar-refractivity contribution >= 4 is 11.6 Å². The largest absolute Gasteiger partial charge is 0.0991 e. The zero-order chi connectivity index (χ0) is 26.5. The van der Waals surface area contributed by atoms with E-state index >= 15 is 0 Å². The van der Waals surface area contributed by atoms with E-state index in [1.165, 1.54) is 33.4 Å². The summed E-state index contributed by atoms with van der Waals surface area (Å²) >= 11 is 0. The molecule has 0 spiro atoms. The van der Waals surface area contributed by atoms with Crippen LogP contribution in [0.1, 0.15) is 51.2 Å². The molecule has 0 fully saturated rings. The number of rotatable bonds is 11. The van der Waals surface area contributed by atoms with Gasteiger partial charge < -0.3 is 0 Å². The van der Waals surface area contributed by atoms with Crippen LogP contribution in [0.25, 0.3) is 22.8 Å². The Balaban J connectivity index is 2.19. The smallest absolute Gasteiger partial charge is 0.000448 e. The lowest BCUT2D eigenvalue weighted by Crippen LogP contribution is -2.03. The molecule has 1 atom stereocenters. The highest BCUT2D eigenvalue weighted by atomic mass is 14.2. The van der Waals surface area contributed by atoms with Crippen LogP contribution in [0.2, 0.25) is 0 Å². The molecule has 1 aliphatic carbocycles. The van der Waals surface area contributed by atoms with E-state index in [0.717, 1.165) is 30.4 Å². The molecule has 2 aromatic carbocycles. The quantitative estimate of drug-likeness (QED) is 0.220. The van der Waals surface area contributed by atoms with E-state index in [9.17, 15) is 0 Å². The number of allylic oxidation sites excluding steroid dienone is 15. The van der Waals surface area contributed by atoms with Crippen LogP contribution in [-0.4, -0.2) is 0 Å². The minimum atomic E-state index is 0.307. The predicted molar refractivity (Wildman–Crippen MR) is 166 cm³/mol. The summed E-state index contributed by atoms with van der Waals surface area (Å²) in [5.74, 6) is 0.307. The normalized spacial score (nSPS) is 16.1. The molecule has 0 bridgehead atoms. The van der Waals surface area contributed by atoms with Gasteiger partial charge in [-0.05, 0) is 76.7 Å². The summed E-state index contributed by atoms with van der Waals surface area (Å²) in [5.41, 5.74) is 9.68. The fraction of sp³-hybridized carbons (Fsp3) is 0.189. The van der Waals surface area contributed by atoms with Crippen molar-refractivity contribution in [3.05, 3.63) is 156 Å². The first kappa shape index (κ1) is 27.7. The van der Waals surface area contributed by atoms with Crippen molar-refractivity contribution in [1.82, 2.24) is 0 Å². The van der Waals surface area contributed by atoms with Gasteiger partial charge in [0.05, 0.1) is 0 Å². The van der Waals surface area contributed by atoms with E-state index in [1.807, 2.05) is 12.2 Å². The van der Waals surface area contributed by atoms with Gasteiger partial charge in [-0.15, -0.1) is 0 Å². The van der Waals surface area contributed by atoms with Gasteiger partial charge >= 0.3 is 0 Å². The zero-order valence-electron chi connectivity index (χ0n) is 22.7. The Labute approximate surface area is 224 Å². The van der Waals surface area contributed by atoms with Crippen LogP contribution in [-0.2, 0) is 0 Å². The van der Waals surface area contributed by atoms with Crippen molar-refractivity contribution < 1.29 is 0 Å². The molecule has 2 aromatic rings. The number of hydrogen-bond donors (Lipinski definition) is 0. The van der Waals surface area contributed by atoms with Gasteiger partial charge in [0.25, 0.3) is 0 Å². The van der Waals surface area contributed by atoms with Crippen LogP contribution >= 0.6 is 0 Å². The molecule has 3 rings (SSSR count). The van der Waals surface area contributed by atoms with Gasteiger partial charge in [-0.2, -0.15) is 0 Å². The summed E-state index contributed by atoms with van der Waals surface area (Å²) in [6.45, 7) is 15.0. The van der Waals surface area contributed by atoms with E-state index in [0.29, 0.717) is 5.92 Å². The SMILES string of the molecule is C=C/C=C\C(C)C1=CC=CC/C1=C\c1cccc(-c2ccccc2)c1C(=C)C(/C=C\C)=C/C/C=C\CC. The lowest BCUT2D eigenvalue weighted by molar-refractivity contribution is 0.859. The third-order valence-electron chi connectivity index (χ3n) is 6.53. The van der Waals surface area contributed by atoms with Crippen LogP contribution in [0.3, 0.4) is 0 Å². The average molecular weight is 485 g/mol. The van der Waals surface area contributed by atoms with E-state index in [2.05, 4.69) is 143 Å². The van der Waals surface area contributed by atoms with Crippen LogP contribution < -0.4 is 0 Å². The zero-order valence-corrected chi connectivity index (χ0v) is 22.7. The molecule has 0 aromatic heterocycles. The van der Waals surface area contributed by atoms with Crippen molar-refractivity contribution in [3.8, 4) is 11.1 Å². The van der Waals surface area contributed by atoms with Crippen molar-refractivity contribution in [1.29, 1.82) is 0 Å². The Kier molecular flexibility index (Phi) is 10.9. The first-order valence-corrected chi connectivity index (χ1v) is 13.3. The third-order valence-corrected chi connectivity index (χ3v) is 6.53. The van der Waals surface area contributed by atoms with Gasteiger partial charge in [0, 0.05) is 0 Å². The maximum atomic E-state index is 4.65. The molecule has 0 heterocycles. The Morgan fingerprint density at radius 3 is 2.59 bits per heavy atom. The Bertz CT molecular complexity index is 1280. The predicted octanol–water partition coefficient (Wildman–Crippen LogP) is 10.9. The van der Waals surface area contributed by atoms with Crippen LogP contribution in [0.15, 0.2) is 145 Å². The van der Waals surface area contributed by atoms with Crippen molar-refractivity contribution in [3.63, 3.8) is 0 Å². The first-order valence-electron chi connectivity index (χ1n) is 13.3. The molecular weight excluding hydrogens is 444 g/mol. The van der Waals surface area contributed by atoms with Crippen LogP contribution in [0.5, 0.6) is 0 Å². The Morgan fingerprint density at radius 1 is 1.05 bits per heavy atom. The molecule has 0 saturated heterocycles. The van der Waals surface area contributed by atoms with Gasteiger partial charge in [0.15, 0.2) is 0 Å². The second-order valence-corrected chi connectivity index (χ2v) is 9.22. The molecule has 0 aliphatic heterocycles. The first-order chi connectivity index (χ1) is 18.1. The Hall–Kier alpha value is -3.90. The van der Waals surface area contributed by atoms with Gasteiger partial charge in [0.1, 0.15) is 0 Å². The minimum absolute atomic E-state index is 0.307. The van der Waals surface area contributed by atoms with Gasteiger partial charge in [-0.1, -0.05) is 148 Å². The van der Waals surface area contributed by atoms with Crippen molar-refractivity contribution in [2.75, 3.05) is 0 Å². The Morgan fingerprint density at radius 2 is 1.86 bits per heavy atom.